The lowest BCUT2D eigenvalue weighted by molar-refractivity contribution is -0.139. The number of hydrogen-bond acceptors (Lipinski definition) is 5. The summed E-state index contributed by atoms with van der Waals surface area (Å²) >= 11 is 0. The molecule has 0 saturated carbocycles. The van der Waals surface area contributed by atoms with Crippen molar-refractivity contribution in [2.45, 2.75) is 38.8 Å². The molecule has 2 amide bonds. The number of carbonyl (C=O) groups excluding carboxylic acids is 3. The minimum Gasteiger partial charge on any atom is -0.483 e. The molecule has 2 aromatic carbocycles. The maximum absolute atomic E-state index is 12.5. The van der Waals surface area contributed by atoms with Crippen LogP contribution in [0.3, 0.4) is 0 Å². The van der Waals surface area contributed by atoms with Crippen LogP contribution in [0.25, 0.3) is 10.8 Å². The highest BCUT2D eigenvalue weighted by molar-refractivity contribution is 5.91. The second-order valence-corrected chi connectivity index (χ2v) is 7.36. The fourth-order valence-electron chi connectivity index (χ4n) is 3.01. The highest BCUT2D eigenvalue weighted by Gasteiger charge is 2.25. The van der Waals surface area contributed by atoms with Crippen LogP contribution >= 0.6 is 0 Å². The van der Waals surface area contributed by atoms with E-state index in [4.69, 9.17) is 9.84 Å². The predicted octanol–water partition coefficient (Wildman–Crippen LogP) is 1.91. The number of fused-ring (bicyclic) bond motifs is 1. The van der Waals surface area contributed by atoms with Gasteiger partial charge in [-0.05, 0) is 23.8 Å². The lowest BCUT2D eigenvalue weighted by Gasteiger charge is -2.22. The van der Waals surface area contributed by atoms with E-state index in [1.165, 1.54) is 0 Å². The van der Waals surface area contributed by atoms with E-state index >= 15 is 0 Å². The summed E-state index contributed by atoms with van der Waals surface area (Å²) in [4.78, 5) is 46.7. The van der Waals surface area contributed by atoms with Crippen molar-refractivity contribution in [3.8, 4) is 5.75 Å². The maximum atomic E-state index is 12.5. The van der Waals surface area contributed by atoms with Gasteiger partial charge in [-0.25, -0.2) is 0 Å². The molecule has 2 unspecified atom stereocenters. The van der Waals surface area contributed by atoms with Gasteiger partial charge < -0.3 is 25.3 Å². The summed E-state index contributed by atoms with van der Waals surface area (Å²) in [6.07, 6.45) is 0.163. The van der Waals surface area contributed by atoms with Gasteiger partial charge in [-0.1, -0.05) is 50.2 Å². The number of amides is 2. The Hall–Kier alpha value is -3.42. The molecule has 0 heterocycles. The van der Waals surface area contributed by atoms with Crippen LogP contribution in [0.2, 0.25) is 0 Å². The average molecular weight is 414 g/mol. The van der Waals surface area contributed by atoms with Crippen LogP contribution in [0.5, 0.6) is 5.75 Å². The molecule has 0 aliphatic rings. The SMILES string of the molecule is CC(C)CC(NC(=O)COc1cccc2ccccc12)C(=O)NC(C=O)CC(=O)O. The standard InChI is InChI=1S/C22H26N2O6/c1-14(2)10-18(22(29)23-16(12-25)11-21(27)28)24-20(26)13-30-19-9-5-7-15-6-3-4-8-17(15)19/h3-9,12,14,16,18H,10-11,13H2,1-2H3,(H,23,29)(H,24,26)(H,27,28). The molecule has 2 atom stereocenters. The van der Waals surface area contributed by atoms with Gasteiger partial charge in [0, 0.05) is 5.39 Å². The van der Waals surface area contributed by atoms with Crippen LogP contribution in [0.4, 0.5) is 0 Å². The van der Waals surface area contributed by atoms with Crippen molar-refractivity contribution in [3.05, 3.63) is 42.5 Å². The Balaban J connectivity index is 2.01. The summed E-state index contributed by atoms with van der Waals surface area (Å²) in [7, 11) is 0. The molecule has 0 aromatic heterocycles. The molecular weight excluding hydrogens is 388 g/mol. The van der Waals surface area contributed by atoms with Crippen LogP contribution in [-0.4, -0.2) is 47.9 Å². The Labute approximate surface area is 174 Å². The summed E-state index contributed by atoms with van der Waals surface area (Å²) < 4.78 is 5.64. The van der Waals surface area contributed by atoms with Crippen LogP contribution in [-0.2, 0) is 19.2 Å². The first-order valence-electron chi connectivity index (χ1n) is 9.67. The monoisotopic (exact) mass is 414 g/mol. The average Bonchev–Trinajstić information content (AvgIpc) is 2.70. The normalized spacial score (nSPS) is 12.8. The minimum absolute atomic E-state index is 0.0780. The van der Waals surface area contributed by atoms with Gasteiger partial charge in [-0.2, -0.15) is 0 Å². The smallest absolute Gasteiger partial charge is 0.305 e. The second-order valence-electron chi connectivity index (χ2n) is 7.36. The molecule has 8 nitrogen and oxygen atoms in total. The van der Waals surface area contributed by atoms with E-state index in [0.717, 1.165) is 10.8 Å². The number of rotatable bonds is 11. The summed E-state index contributed by atoms with van der Waals surface area (Å²) in [5, 5.41) is 15.6. The third kappa shape index (κ3) is 6.88. The molecule has 0 fully saturated rings. The molecule has 0 saturated heterocycles. The van der Waals surface area contributed by atoms with Gasteiger partial charge in [-0.3, -0.25) is 14.4 Å². The highest BCUT2D eigenvalue weighted by Crippen LogP contribution is 2.24. The van der Waals surface area contributed by atoms with Gasteiger partial charge in [0.15, 0.2) is 6.61 Å². The molecule has 3 N–H and O–H groups in total. The molecule has 160 valence electrons. The summed E-state index contributed by atoms with van der Waals surface area (Å²) in [6.45, 7) is 3.48. The zero-order valence-corrected chi connectivity index (χ0v) is 17.0. The van der Waals surface area contributed by atoms with E-state index in [-0.39, 0.29) is 12.5 Å². The molecule has 2 rings (SSSR count). The number of carboxylic acids is 1. The molecule has 8 heteroatoms. The summed E-state index contributed by atoms with van der Waals surface area (Å²) in [5.41, 5.74) is 0. The van der Waals surface area contributed by atoms with Crippen molar-refractivity contribution in [2.24, 2.45) is 5.92 Å². The van der Waals surface area contributed by atoms with Crippen molar-refractivity contribution in [3.63, 3.8) is 0 Å². The van der Waals surface area contributed by atoms with Crippen LogP contribution in [0.1, 0.15) is 26.7 Å². The first-order chi connectivity index (χ1) is 14.3. The molecule has 30 heavy (non-hydrogen) atoms. The van der Waals surface area contributed by atoms with Gasteiger partial charge in [0.1, 0.15) is 18.1 Å². The van der Waals surface area contributed by atoms with E-state index in [2.05, 4.69) is 10.6 Å². The zero-order valence-electron chi connectivity index (χ0n) is 17.0. The first-order valence-corrected chi connectivity index (χ1v) is 9.67. The molecule has 0 aliphatic carbocycles. The van der Waals surface area contributed by atoms with Crippen molar-refractivity contribution < 1.29 is 29.0 Å². The van der Waals surface area contributed by atoms with Gasteiger partial charge in [0.2, 0.25) is 5.91 Å². The number of carbonyl (C=O) groups is 4. The van der Waals surface area contributed by atoms with Crippen molar-refractivity contribution in [2.75, 3.05) is 6.61 Å². The number of aliphatic carboxylic acids is 1. The lowest BCUT2D eigenvalue weighted by atomic mass is 10.0. The number of hydrogen-bond donors (Lipinski definition) is 3. The van der Waals surface area contributed by atoms with Crippen molar-refractivity contribution in [1.82, 2.24) is 10.6 Å². The number of ether oxygens (including phenoxy) is 1. The zero-order chi connectivity index (χ0) is 22.1. The van der Waals surface area contributed by atoms with Crippen LogP contribution in [0.15, 0.2) is 42.5 Å². The van der Waals surface area contributed by atoms with E-state index in [1.807, 2.05) is 50.2 Å². The van der Waals surface area contributed by atoms with Crippen molar-refractivity contribution in [1.29, 1.82) is 0 Å². The molecule has 0 radical (unpaired) electrons. The van der Waals surface area contributed by atoms with E-state index in [0.29, 0.717) is 18.5 Å². The Morgan fingerprint density at radius 1 is 1.07 bits per heavy atom. The Morgan fingerprint density at radius 3 is 2.43 bits per heavy atom. The highest BCUT2D eigenvalue weighted by atomic mass is 16.5. The second kappa shape index (κ2) is 10.9. The quantitative estimate of drug-likeness (QED) is 0.483. The summed E-state index contributed by atoms with van der Waals surface area (Å²) in [6, 6.07) is 11.1. The first kappa shape index (κ1) is 22.9. The Morgan fingerprint density at radius 2 is 1.77 bits per heavy atom. The largest absolute Gasteiger partial charge is 0.483 e. The van der Waals surface area contributed by atoms with Gasteiger partial charge in [-0.15, -0.1) is 0 Å². The fraction of sp³-hybridized carbons (Fsp3) is 0.364. The topological polar surface area (TPSA) is 122 Å². The number of aldehydes is 1. The molecule has 0 aliphatic heterocycles. The Bertz CT molecular complexity index is 906. The summed E-state index contributed by atoms with van der Waals surface area (Å²) in [5.74, 6) is -1.68. The van der Waals surface area contributed by atoms with E-state index in [9.17, 15) is 19.2 Å². The maximum Gasteiger partial charge on any atom is 0.305 e. The van der Waals surface area contributed by atoms with Crippen LogP contribution in [0, 0.1) is 5.92 Å². The van der Waals surface area contributed by atoms with Gasteiger partial charge >= 0.3 is 5.97 Å². The third-order valence-electron chi connectivity index (χ3n) is 4.35. The predicted molar refractivity (Wildman–Crippen MR) is 111 cm³/mol. The molecule has 0 bridgehead atoms. The fourth-order valence-corrected chi connectivity index (χ4v) is 3.01. The van der Waals surface area contributed by atoms with E-state index < -0.39 is 36.3 Å². The minimum atomic E-state index is -1.21. The number of benzene rings is 2. The molecule has 0 spiro atoms. The molecule has 2 aromatic rings. The number of nitrogens with one attached hydrogen (secondary N) is 2. The molecular formula is C22H26N2O6. The van der Waals surface area contributed by atoms with Gasteiger partial charge in [0.05, 0.1) is 12.5 Å². The number of carboxylic acid groups (broad SMARTS) is 1. The van der Waals surface area contributed by atoms with E-state index in [1.54, 1.807) is 6.07 Å². The Kier molecular flexibility index (Phi) is 8.34. The third-order valence-corrected chi connectivity index (χ3v) is 4.35. The van der Waals surface area contributed by atoms with Crippen molar-refractivity contribution >= 4 is 34.8 Å². The van der Waals surface area contributed by atoms with Crippen LogP contribution < -0.4 is 15.4 Å². The van der Waals surface area contributed by atoms with Gasteiger partial charge in [0.25, 0.3) is 5.91 Å². The lowest BCUT2D eigenvalue weighted by Crippen LogP contribution is -2.51.